The van der Waals surface area contributed by atoms with E-state index in [1.54, 1.807) is 6.07 Å². The summed E-state index contributed by atoms with van der Waals surface area (Å²) >= 11 is 12.1. The molecule has 0 spiro atoms. The van der Waals surface area contributed by atoms with Gasteiger partial charge in [-0.2, -0.15) is 0 Å². The largest absolute Gasteiger partial charge is 0.481 e. The van der Waals surface area contributed by atoms with Crippen molar-refractivity contribution >= 4 is 29.2 Å². The van der Waals surface area contributed by atoms with Crippen LogP contribution in [0.25, 0.3) is 0 Å². The van der Waals surface area contributed by atoms with Crippen molar-refractivity contribution < 1.29 is 9.90 Å². The zero-order valence-electron chi connectivity index (χ0n) is 10.2. The zero-order valence-corrected chi connectivity index (χ0v) is 11.7. The smallest absolute Gasteiger partial charge is 0.306 e. The van der Waals surface area contributed by atoms with Gasteiger partial charge in [0.05, 0.1) is 5.92 Å². The average Bonchev–Trinajstić information content (AvgIpc) is 3.06. The maximum Gasteiger partial charge on any atom is 0.306 e. The lowest BCUT2D eigenvalue weighted by Crippen LogP contribution is -2.04. The Morgan fingerprint density at radius 1 is 1.50 bits per heavy atom. The minimum Gasteiger partial charge on any atom is -0.481 e. The van der Waals surface area contributed by atoms with E-state index in [0.29, 0.717) is 21.9 Å². The zero-order chi connectivity index (χ0) is 13.3. The third-order valence-corrected chi connectivity index (χ3v) is 4.28. The Kier molecular flexibility index (Phi) is 4.18. The van der Waals surface area contributed by atoms with E-state index in [9.17, 15) is 4.79 Å². The van der Waals surface area contributed by atoms with Crippen LogP contribution in [-0.2, 0) is 4.79 Å². The first kappa shape index (κ1) is 13.7. The number of benzene rings is 1. The first-order valence-corrected chi connectivity index (χ1v) is 6.96. The molecule has 18 heavy (non-hydrogen) atoms. The van der Waals surface area contributed by atoms with Gasteiger partial charge in [0, 0.05) is 10.0 Å². The van der Waals surface area contributed by atoms with Gasteiger partial charge in [-0.3, -0.25) is 4.79 Å². The van der Waals surface area contributed by atoms with Crippen LogP contribution in [0, 0.1) is 11.8 Å². The Labute approximate surface area is 117 Å². The first-order chi connectivity index (χ1) is 8.52. The van der Waals surface area contributed by atoms with Gasteiger partial charge < -0.3 is 5.11 Å². The molecule has 1 saturated carbocycles. The third-order valence-electron chi connectivity index (χ3n) is 3.72. The van der Waals surface area contributed by atoms with Crippen LogP contribution in [0.3, 0.4) is 0 Å². The molecule has 0 saturated heterocycles. The second-order valence-electron chi connectivity index (χ2n) is 4.95. The fraction of sp³-hybridized carbons (Fsp3) is 0.500. The lowest BCUT2D eigenvalue weighted by Gasteiger charge is -2.16. The number of carboxylic acids is 1. The molecule has 1 aliphatic carbocycles. The molecule has 4 heteroatoms. The van der Waals surface area contributed by atoms with Gasteiger partial charge in [0.25, 0.3) is 0 Å². The summed E-state index contributed by atoms with van der Waals surface area (Å²) in [5, 5.41) is 10.2. The highest BCUT2D eigenvalue weighted by atomic mass is 35.5. The second kappa shape index (κ2) is 5.50. The van der Waals surface area contributed by atoms with Crippen LogP contribution >= 0.6 is 23.2 Å². The summed E-state index contributed by atoms with van der Waals surface area (Å²) in [6.07, 6.45) is 2.66. The highest BCUT2D eigenvalue weighted by Gasteiger charge is 2.43. The molecule has 2 rings (SSSR count). The van der Waals surface area contributed by atoms with Gasteiger partial charge >= 0.3 is 5.97 Å². The van der Waals surface area contributed by atoms with E-state index in [2.05, 4.69) is 6.92 Å². The van der Waals surface area contributed by atoms with Gasteiger partial charge in [0.2, 0.25) is 0 Å². The topological polar surface area (TPSA) is 37.3 Å². The Bertz CT molecular complexity index is 459. The van der Waals surface area contributed by atoms with Crippen molar-refractivity contribution in [1.29, 1.82) is 0 Å². The normalized spacial score (nSPS) is 23.7. The summed E-state index contributed by atoms with van der Waals surface area (Å²) in [4.78, 5) is 10.8. The Morgan fingerprint density at radius 3 is 2.72 bits per heavy atom. The van der Waals surface area contributed by atoms with E-state index in [1.165, 1.54) is 0 Å². The van der Waals surface area contributed by atoms with Gasteiger partial charge in [-0.05, 0) is 48.8 Å². The Morgan fingerprint density at radius 2 is 2.22 bits per heavy atom. The molecule has 1 aromatic rings. The molecule has 0 radical (unpaired) electrons. The van der Waals surface area contributed by atoms with E-state index in [4.69, 9.17) is 28.3 Å². The van der Waals surface area contributed by atoms with Gasteiger partial charge in [-0.15, -0.1) is 0 Å². The fourth-order valence-electron chi connectivity index (χ4n) is 2.52. The number of carboxylic acid groups (broad SMARTS) is 1. The van der Waals surface area contributed by atoms with Crippen molar-refractivity contribution in [1.82, 2.24) is 0 Å². The van der Waals surface area contributed by atoms with E-state index in [0.717, 1.165) is 24.8 Å². The second-order valence-corrected chi connectivity index (χ2v) is 5.79. The maximum atomic E-state index is 10.8. The van der Waals surface area contributed by atoms with Crippen LogP contribution in [0.5, 0.6) is 0 Å². The molecule has 1 fully saturated rings. The van der Waals surface area contributed by atoms with E-state index >= 15 is 0 Å². The van der Waals surface area contributed by atoms with Crippen LogP contribution in [0.1, 0.15) is 37.7 Å². The molecule has 98 valence electrons. The molecule has 0 amide bonds. The fourth-order valence-corrected chi connectivity index (χ4v) is 3.08. The summed E-state index contributed by atoms with van der Waals surface area (Å²) < 4.78 is 0. The van der Waals surface area contributed by atoms with E-state index in [1.807, 2.05) is 12.1 Å². The molecule has 1 aliphatic rings. The summed E-state index contributed by atoms with van der Waals surface area (Å²) in [6.45, 7) is 2.10. The number of halogens is 2. The quantitative estimate of drug-likeness (QED) is 0.859. The van der Waals surface area contributed by atoms with Crippen LogP contribution in [-0.4, -0.2) is 11.1 Å². The summed E-state index contributed by atoms with van der Waals surface area (Å²) in [7, 11) is 0. The van der Waals surface area contributed by atoms with Crippen LogP contribution in [0.15, 0.2) is 18.2 Å². The lowest BCUT2D eigenvalue weighted by atomic mass is 9.90. The molecular weight excluding hydrogens is 271 g/mol. The molecule has 0 aliphatic heterocycles. The highest BCUT2D eigenvalue weighted by Crippen LogP contribution is 2.46. The van der Waals surface area contributed by atoms with Crippen molar-refractivity contribution in [3.05, 3.63) is 33.8 Å². The predicted molar refractivity (Wildman–Crippen MR) is 73.3 cm³/mol. The van der Waals surface area contributed by atoms with Gasteiger partial charge in [0.15, 0.2) is 0 Å². The first-order valence-electron chi connectivity index (χ1n) is 6.20. The Balaban J connectivity index is 2.07. The van der Waals surface area contributed by atoms with Gasteiger partial charge in [-0.25, -0.2) is 0 Å². The van der Waals surface area contributed by atoms with Crippen molar-refractivity contribution in [3.63, 3.8) is 0 Å². The molecule has 1 aromatic carbocycles. The SMILES string of the molecule is CCC(CC1CC1C(=O)O)c1ccc(Cl)cc1Cl. The standard InChI is InChI=1S/C14H16Cl2O2/c1-2-8(5-9-6-12(9)14(17)18)11-4-3-10(15)7-13(11)16/h3-4,7-9,12H,2,5-6H2,1H3,(H,17,18). The van der Waals surface area contributed by atoms with Crippen molar-refractivity contribution in [2.24, 2.45) is 11.8 Å². The molecule has 0 aromatic heterocycles. The van der Waals surface area contributed by atoms with Crippen molar-refractivity contribution in [2.75, 3.05) is 0 Å². The number of carbonyl (C=O) groups is 1. The van der Waals surface area contributed by atoms with Crippen LogP contribution in [0.2, 0.25) is 10.0 Å². The van der Waals surface area contributed by atoms with E-state index < -0.39 is 5.97 Å². The minimum atomic E-state index is -0.669. The minimum absolute atomic E-state index is 0.148. The number of rotatable bonds is 5. The molecule has 0 bridgehead atoms. The summed E-state index contributed by atoms with van der Waals surface area (Å²) in [5.41, 5.74) is 1.08. The molecule has 2 nitrogen and oxygen atoms in total. The molecule has 1 N–H and O–H groups in total. The van der Waals surface area contributed by atoms with Crippen molar-refractivity contribution in [2.45, 2.75) is 32.1 Å². The third kappa shape index (κ3) is 2.99. The van der Waals surface area contributed by atoms with Crippen molar-refractivity contribution in [3.8, 4) is 0 Å². The lowest BCUT2D eigenvalue weighted by molar-refractivity contribution is -0.138. The maximum absolute atomic E-state index is 10.8. The van der Waals surface area contributed by atoms with Gasteiger partial charge in [0.1, 0.15) is 0 Å². The molecule has 3 unspecified atom stereocenters. The molecule has 3 atom stereocenters. The predicted octanol–water partition coefficient (Wildman–Crippen LogP) is 4.60. The van der Waals surface area contributed by atoms with E-state index in [-0.39, 0.29) is 5.92 Å². The monoisotopic (exact) mass is 286 g/mol. The molecule has 0 heterocycles. The Hall–Kier alpha value is -0.730. The average molecular weight is 287 g/mol. The summed E-state index contributed by atoms with van der Waals surface area (Å²) in [5.74, 6) is -0.189. The molecular formula is C14H16Cl2O2. The van der Waals surface area contributed by atoms with Crippen LogP contribution in [0.4, 0.5) is 0 Å². The summed E-state index contributed by atoms with van der Waals surface area (Å²) in [6, 6.07) is 5.55. The van der Waals surface area contributed by atoms with Gasteiger partial charge in [-0.1, -0.05) is 36.2 Å². The van der Waals surface area contributed by atoms with Crippen LogP contribution < -0.4 is 0 Å². The highest BCUT2D eigenvalue weighted by molar-refractivity contribution is 6.35. The number of hydrogen-bond acceptors (Lipinski definition) is 1. The number of aliphatic carboxylic acids is 1. The number of hydrogen-bond donors (Lipinski definition) is 1.